The van der Waals surface area contributed by atoms with Gasteiger partial charge in [-0.1, -0.05) is 121 Å². The number of nitrogens with zero attached hydrogens (tertiary/aromatic N) is 2. The molecule has 0 amide bonds. The highest BCUT2D eigenvalue weighted by Crippen LogP contribution is 2.42. The van der Waals surface area contributed by atoms with Gasteiger partial charge in [0.1, 0.15) is 11.2 Å². The van der Waals surface area contributed by atoms with Gasteiger partial charge in [0.25, 0.3) is 0 Å². The minimum absolute atomic E-state index is 0.916. The molecule has 55 heavy (non-hydrogen) atoms. The number of fused-ring (bicyclic) bond motifs is 8. The molecule has 0 aliphatic rings. The summed E-state index contributed by atoms with van der Waals surface area (Å²) in [6, 6.07) is 73.9. The van der Waals surface area contributed by atoms with E-state index in [0.717, 1.165) is 44.7 Å². The third kappa shape index (κ3) is 5.20. The van der Waals surface area contributed by atoms with Gasteiger partial charge >= 0.3 is 0 Å². The van der Waals surface area contributed by atoms with E-state index in [1.54, 1.807) is 0 Å². The number of hydrogen-bond donors (Lipinski definition) is 0. The maximum Gasteiger partial charge on any atom is 0.136 e. The average Bonchev–Trinajstić information content (AvgIpc) is 3.79. The van der Waals surface area contributed by atoms with Crippen molar-refractivity contribution in [3.63, 3.8) is 0 Å². The number of rotatable bonds is 6. The van der Waals surface area contributed by atoms with Crippen molar-refractivity contribution in [1.82, 2.24) is 4.57 Å². The fourth-order valence-corrected chi connectivity index (χ4v) is 8.36. The van der Waals surface area contributed by atoms with Crippen molar-refractivity contribution in [2.45, 2.75) is 0 Å². The van der Waals surface area contributed by atoms with E-state index in [-0.39, 0.29) is 0 Å². The average molecular weight is 703 g/mol. The summed E-state index contributed by atoms with van der Waals surface area (Å²) in [4.78, 5) is 2.29. The molecule has 0 N–H and O–H groups in total. The van der Waals surface area contributed by atoms with Crippen molar-refractivity contribution in [3.05, 3.63) is 206 Å². The van der Waals surface area contributed by atoms with E-state index in [4.69, 9.17) is 4.42 Å². The van der Waals surface area contributed by atoms with E-state index in [2.05, 4.69) is 210 Å². The van der Waals surface area contributed by atoms with Crippen molar-refractivity contribution >= 4 is 71.6 Å². The Bertz CT molecular complexity index is 3120. The maximum absolute atomic E-state index is 6.30. The van der Waals surface area contributed by atoms with Crippen LogP contribution in [0.2, 0.25) is 0 Å². The third-order valence-electron chi connectivity index (χ3n) is 11.0. The summed E-state index contributed by atoms with van der Waals surface area (Å²) in [6.45, 7) is 0. The van der Waals surface area contributed by atoms with Gasteiger partial charge in [-0.3, -0.25) is 0 Å². The molecule has 0 saturated heterocycles. The molecule has 2 aromatic heterocycles. The van der Waals surface area contributed by atoms with Crippen molar-refractivity contribution < 1.29 is 4.42 Å². The summed E-state index contributed by atoms with van der Waals surface area (Å²) >= 11 is 0. The molecule has 0 bridgehead atoms. The summed E-state index contributed by atoms with van der Waals surface area (Å²) in [6.07, 6.45) is 0. The molecule has 0 saturated carbocycles. The largest absolute Gasteiger partial charge is 0.456 e. The Balaban J connectivity index is 1.01. The highest BCUT2D eigenvalue weighted by atomic mass is 16.3. The Labute approximate surface area is 318 Å². The lowest BCUT2D eigenvalue weighted by molar-refractivity contribution is 0.669. The molecular formula is C52H34N2O. The zero-order valence-corrected chi connectivity index (χ0v) is 29.9. The quantitative estimate of drug-likeness (QED) is 0.172. The highest BCUT2D eigenvalue weighted by molar-refractivity contribution is 6.24. The number of anilines is 3. The van der Waals surface area contributed by atoms with Crippen molar-refractivity contribution in [2.75, 3.05) is 4.90 Å². The molecule has 0 atom stereocenters. The molecule has 11 rings (SSSR count). The standard InChI is InChI=1S/C52H34N2O/c1-4-12-40(13-5-1)53(41-14-6-2-7-15-41)43-28-24-36(25-29-43)35-20-22-37(23-21-35)38-26-30-48-47(32-38)52-45-34-46-44-18-10-11-19-50(44)55-51(46)33-39(45)27-31-49(52)54(48)42-16-8-3-9-17-42/h1-34H. The number of aromatic nitrogens is 1. The first-order valence-corrected chi connectivity index (χ1v) is 18.8. The van der Waals surface area contributed by atoms with E-state index in [9.17, 15) is 0 Å². The van der Waals surface area contributed by atoms with Gasteiger partial charge in [0, 0.05) is 44.3 Å². The SMILES string of the molecule is c1ccc(N(c2ccccc2)c2ccc(-c3ccc(-c4ccc5c(c4)c4c6cc7c(cc6ccc4n5-c4ccccc4)oc4ccccc47)cc3)cc2)cc1. The van der Waals surface area contributed by atoms with Crippen LogP contribution in [0.4, 0.5) is 17.1 Å². The zero-order chi connectivity index (χ0) is 36.3. The second-order valence-electron chi connectivity index (χ2n) is 14.2. The Morgan fingerprint density at radius 2 is 0.891 bits per heavy atom. The predicted octanol–water partition coefficient (Wildman–Crippen LogP) is 14.6. The van der Waals surface area contributed by atoms with Crippen molar-refractivity contribution in [2.24, 2.45) is 0 Å². The van der Waals surface area contributed by atoms with E-state index in [0.29, 0.717) is 0 Å². The van der Waals surface area contributed by atoms with Crippen molar-refractivity contribution in [1.29, 1.82) is 0 Å². The molecule has 258 valence electrons. The Hall–Kier alpha value is -7.36. The highest BCUT2D eigenvalue weighted by Gasteiger charge is 2.18. The number of hydrogen-bond acceptors (Lipinski definition) is 2. The number of benzene rings is 9. The van der Waals surface area contributed by atoms with E-state index in [1.807, 2.05) is 6.07 Å². The summed E-state index contributed by atoms with van der Waals surface area (Å²) in [7, 11) is 0. The second-order valence-corrected chi connectivity index (χ2v) is 14.2. The first-order valence-electron chi connectivity index (χ1n) is 18.8. The molecule has 3 heteroatoms. The minimum Gasteiger partial charge on any atom is -0.456 e. The molecule has 11 aromatic rings. The lowest BCUT2D eigenvalue weighted by Gasteiger charge is -2.25. The van der Waals surface area contributed by atoms with Gasteiger partial charge in [0.15, 0.2) is 0 Å². The fourth-order valence-electron chi connectivity index (χ4n) is 8.36. The first-order chi connectivity index (χ1) is 27.3. The molecule has 0 aliphatic carbocycles. The predicted molar refractivity (Wildman–Crippen MR) is 231 cm³/mol. The van der Waals surface area contributed by atoms with Crippen LogP contribution < -0.4 is 4.90 Å². The van der Waals surface area contributed by atoms with Gasteiger partial charge in [-0.15, -0.1) is 0 Å². The molecular weight excluding hydrogens is 669 g/mol. The van der Waals surface area contributed by atoms with Crippen LogP contribution in [-0.2, 0) is 0 Å². The molecule has 2 heterocycles. The van der Waals surface area contributed by atoms with Crippen LogP contribution in [0.1, 0.15) is 0 Å². The summed E-state index contributed by atoms with van der Waals surface area (Å²) in [5.74, 6) is 0. The molecule has 0 spiro atoms. The first kappa shape index (κ1) is 31.2. The lowest BCUT2D eigenvalue weighted by atomic mass is 9.97. The Morgan fingerprint density at radius 1 is 0.345 bits per heavy atom. The van der Waals surface area contributed by atoms with Gasteiger partial charge < -0.3 is 13.9 Å². The topological polar surface area (TPSA) is 21.3 Å². The molecule has 0 aliphatic heterocycles. The van der Waals surface area contributed by atoms with Gasteiger partial charge in [-0.25, -0.2) is 0 Å². The van der Waals surface area contributed by atoms with Gasteiger partial charge in [-0.2, -0.15) is 0 Å². The van der Waals surface area contributed by atoms with Crippen LogP contribution in [0.15, 0.2) is 211 Å². The van der Waals surface area contributed by atoms with E-state index < -0.39 is 0 Å². The van der Waals surface area contributed by atoms with Crippen LogP contribution in [0.5, 0.6) is 0 Å². The van der Waals surface area contributed by atoms with E-state index in [1.165, 1.54) is 54.8 Å². The molecule has 9 aromatic carbocycles. The summed E-state index contributed by atoms with van der Waals surface area (Å²) in [5.41, 5.74) is 13.5. The van der Waals surface area contributed by atoms with Crippen LogP contribution in [-0.4, -0.2) is 4.57 Å². The molecule has 0 fully saturated rings. The van der Waals surface area contributed by atoms with Crippen molar-refractivity contribution in [3.8, 4) is 27.9 Å². The summed E-state index contributed by atoms with van der Waals surface area (Å²) < 4.78 is 8.70. The second kappa shape index (κ2) is 12.6. The monoisotopic (exact) mass is 702 g/mol. The van der Waals surface area contributed by atoms with Crippen LogP contribution in [0.3, 0.4) is 0 Å². The Morgan fingerprint density at radius 3 is 1.58 bits per heavy atom. The van der Waals surface area contributed by atoms with Gasteiger partial charge in [0.05, 0.1) is 11.0 Å². The fraction of sp³-hybridized carbons (Fsp3) is 0. The molecule has 3 nitrogen and oxygen atoms in total. The summed E-state index contributed by atoms with van der Waals surface area (Å²) in [5, 5.41) is 7.16. The normalized spacial score (nSPS) is 11.6. The van der Waals surface area contributed by atoms with E-state index >= 15 is 0 Å². The maximum atomic E-state index is 6.30. The Kier molecular flexibility index (Phi) is 7.17. The molecule has 0 unspecified atom stereocenters. The molecule has 0 radical (unpaired) electrons. The smallest absolute Gasteiger partial charge is 0.136 e. The van der Waals surface area contributed by atoms with Crippen LogP contribution in [0.25, 0.3) is 82.5 Å². The number of furan rings is 1. The number of para-hydroxylation sites is 4. The minimum atomic E-state index is 0.916. The van der Waals surface area contributed by atoms with Crippen LogP contribution >= 0.6 is 0 Å². The van der Waals surface area contributed by atoms with Crippen LogP contribution in [0, 0.1) is 0 Å². The lowest BCUT2D eigenvalue weighted by Crippen LogP contribution is -2.09. The van der Waals surface area contributed by atoms with Gasteiger partial charge in [-0.05, 0) is 118 Å². The van der Waals surface area contributed by atoms with Gasteiger partial charge in [0.2, 0.25) is 0 Å². The zero-order valence-electron chi connectivity index (χ0n) is 29.9. The third-order valence-corrected chi connectivity index (χ3v) is 11.0.